The van der Waals surface area contributed by atoms with Crippen molar-refractivity contribution >= 4 is 12.5 Å². The fraction of sp³-hybridized carbons (Fsp3) is 0.556. The summed E-state index contributed by atoms with van der Waals surface area (Å²) in [6, 6.07) is 0.420. The molecule has 0 aliphatic carbocycles. The number of dihydropyridines is 1. The van der Waals surface area contributed by atoms with E-state index in [0.29, 0.717) is 6.04 Å². The van der Waals surface area contributed by atoms with Crippen LogP contribution < -0.4 is 0 Å². The number of hydrogen-bond donors (Lipinski definition) is 0. The third-order valence-corrected chi connectivity index (χ3v) is 1.82. The predicted molar refractivity (Wildman–Crippen MR) is 46.0 cm³/mol. The van der Waals surface area contributed by atoms with Gasteiger partial charge in [0.2, 0.25) is 0 Å². The number of rotatable bonds is 3. The molecule has 0 amide bonds. The van der Waals surface area contributed by atoms with Crippen molar-refractivity contribution in [3.8, 4) is 0 Å². The summed E-state index contributed by atoms with van der Waals surface area (Å²) in [5.41, 5.74) is 0.720. The second-order valence-corrected chi connectivity index (χ2v) is 2.78. The maximum absolute atomic E-state index is 10.3. The molecule has 0 aromatic carbocycles. The number of aliphatic imine (C=N–C) groups is 1. The Morgan fingerprint density at radius 2 is 2.64 bits per heavy atom. The molecule has 2 heteroatoms. The van der Waals surface area contributed by atoms with Gasteiger partial charge < -0.3 is 0 Å². The molecule has 2 nitrogen and oxygen atoms in total. The molecular formula is C9H13NO. The topological polar surface area (TPSA) is 29.4 Å². The molecule has 1 aliphatic heterocycles. The van der Waals surface area contributed by atoms with Crippen molar-refractivity contribution in [1.29, 1.82) is 0 Å². The Morgan fingerprint density at radius 1 is 1.82 bits per heavy atom. The Hall–Kier alpha value is -0.920. The van der Waals surface area contributed by atoms with Gasteiger partial charge in [0.25, 0.3) is 0 Å². The molecule has 0 spiro atoms. The summed E-state index contributed by atoms with van der Waals surface area (Å²) < 4.78 is 0. The molecule has 1 aliphatic rings. The third-order valence-electron chi connectivity index (χ3n) is 1.82. The van der Waals surface area contributed by atoms with Gasteiger partial charge in [-0.3, -0.25) is 9.79 Å². The summed E-state index contributed by atoms with van der Waals surface area (Å²) in [5.74, 6) is 0. The highest BCUT2D eigenvalue weighted by molar-refractivity contribution is 6.02. The second kappa shape index (κ2) is 4.06. The minimum atomic E-state index is 0.420. The Bertz CT molecular complexity index is 194. The zero-order valence-electron chi connectivity index (χ0n) is 6.79. The molecule has 0 aromatic heterocycles. The summed E-state index contributed by atoms with van der Waals surface area (Å²) in [4.78, 5) is 14.5. The molecule has 0 N–H and O–H groups in total. The minimum Gasteiger partial charge on any atom is -0.298 e. The fourth-order valence-electron chi connectivity index (χ4n) is 1.18. The standard InChI is InChI=1S/C9H13NO/c1-2-3-9-5-4-8(7-11)6-10-9/h4,6-7,9H,2-3,5H2,1H3. The van der Waals surface area contributed by atoms with Crippen LogP contribution in [0.2, 0.25) is 0 Å². The summed E-state index contributed by atoms with van der Waals surface area (Å²) in [5, 5.41) is 0. The SMILES string of the molecule is CCCC1CC=C(C=O)C=N1. The number of allylic oxidation sites excluding steroid dienone is 1. The van der Waals surface area contributed by atoms with Crippen LogP contribution in [0.4, 0.5) is 0 Å². The molecule has 1 atom stereocenters. The molecule has 1 unspecified atom stereocenters. The van der Waals surface area contributed by atoms with E-state index >= 15 is 0 Å². The monoisotopic (exact) mass is 151 g/mol. The van der Waals surface area contributed by atoms with Crippen molar-refractivity contribution in [2.24, 2.45) is 4.99 Å². The second-order valence-electron chi connectivity index (χ2n) is 2.78. The first-order valence-electron chi connectivity index (χ1n) is 4.05. The van der Waals surface area contributed by atoms with Gasteiger partial charge in [-0.1, -0.05) is 19.4 Å². The number of carbonyl (C=O) groups is 1. The Morgan fingerprint density at radius 3 is 3.09 bits per heavy atom. The van der Waals surface area contributed by atoms with E-state index in [1.165, 1.54) is 0 Å². The highest BCUT2D eigenvalue weighted by Crippen LogP contribution is 2.12. The van der Waals surface area contributed by atoms with E-state index in [2.05, 4.69) is 11.9 Å². The molecule has 0 bridgehead atoms. The Balaban J connectivity index is 2.43. The maximum atomic E-state index is 10.3. The van der Waals surface area contributed by atoms with Crippen LogP contribution in [0.5, 0.6) is 0 Å². The van der Waals surface area contributed by atoms with Crippen LogP contribution in [-0.4, -0.2) is 18.5 Å². The van der Waals surface area contributed by atoms with Crippen molar-refractivity contribution < 1.29 is 4.79 Å². The molecule has 11 heavy (non-hydrogen) atoms. The highest BCUT2D eigenvalue weighted by atomic mass is 16.1. The van der Waals surface area contributed by atoms with Gasteiger partial charge in [0.1, 0.15) is 0 Å². The zero-order chi connectivity index (χ0) is 8.10. The summed E-state index contributed by atoms with van der Waals surface area (Å²) in [6.45, 7) is 2.15. The van der Waals surface area contributed by atoms with Crippen LogP contribution in [0.3, 0.4) is 0 Å². The van der Waals surface area contributed by atoms with Crippen molar-refractivity contribution in [2.45, 2.75) is 32.2 Å². The van der Waals surface area contributed by atoms with Gasteiger partial charge >= 0.3 is 0 Å². The van der Waals surface area contributed by atoms with Gasteiger partial charge in [0, 0.05) is 11.8 Å². The van der Waals surface area contributed by atoms with E-state index < -0.39 is 0 Å². The number of hydrogen-bond acceptors (Lipinski definition) is 2. The van der Waals surface area contributed by atoms with Crippen LogP contribution in [0.25, 0.3) is 0 Å². The Labute approximate surface area is 67.0 Å². The maximum Gasteiger partial charge on any atom is 0.151 e. The van der Waals surface area contributed by atoms with Crippen molar-refractivity contribution in [3.05, 3.63) is 11.6 Å². The molecular weight excluding hydrogens is 138 g/mol. The zero-order valence-corrected chi connectivity index (χ0v) is 6.79. The van der Waals surface area contributed by atoms with E-state index in [1.54, 1.807) is 6.21 Å². The minimum absolute atomic E-state index is 0.420. The van der Waals surface area contributed by atoms with Crippen LogP contribution in [0.1, 0.15) is 26.2 Å². The summed E-state index contributed by atoms with van der Waals surface area (Å²) in [7, 11) is 0. The van der Waals surface area contributed by atoms with E-state index in [1.807, 2.05) is 6.08 Å². The van der Waals surface area contributed by atoms with Crippen LogP contribution >= 0.6 is 0 Å². The lowest BCUT2D eigenvalue weighted by atomic mass is 10.0. The van der Waals surface area contributed by atoms with Gasteiger partial charge in [0.15, 0.2) is 6.29 Å². The third kappa shape index (κ3) is 2.30. The molecule has 0 radical (unpaired) electrons. The van der Waals surface area contributed by atoms with Gasteiger partial charge in [-0.25, -0.2) is 0 Å². The normalized spacial score (nSPS) is 23.0. The highest BCUT2D eigenvalue weighted by Gasteiger charge is 2.07. The number of carbonyl (C=O) groups excluding carboxylic acids is 1. The molecule has 0 saturated heterocycles. The smallest absolute Gasteiger partial charge is 0.151 e. The molecule has 1 rings (SSSR count). The predicted octanol–water partition coefficient (Wildman–Crippen LogP) is 1.75. The molecule has 0 fully saturated rings. The van der Waals surface area contributed by atoms with Crippen molar-refractivity contribution in [2.75, 3.05) is 0 Å². The van der Waals surface area contributed by atoms with E-state index in [-0.39, 0.29) is 0 Å². The van der Waals surface area contributed by atoms with Crippen molar-refractivity contribution in [1.82, 2.24) is 0 Å². The first kappa shape index (κ1) is 8.18. The van der Waals surface area contributed by atoms with Crippen LogP contribution in [0, 0.1) is 0 Å². The molecule has 60 valence electrons. The average molecular weight is 151 g/mol. The molecule has 0 saturated carbocycles. The summed E-state index contributed by atoms with van der Waals surface area (Å²) >= 11 is 0. The number of nitrogens with zero attached hydrogens (tertiary/aromatic N) is 1. The van der Waals surface area contributed by atoms with Crippen LogP contribution in [0.15, 0.2) is 16.6 Å². The molecule has 0 aromatic rings. The largest absolute Gasteiger partial charge is 0.298 e. The van der Waals surface area contributed by atoms with Crippen molar-refractivity contribution in [3.63, 3.8) is 0 Å². The fourth-order valence-corrected chi connectivity index (χ4v) is 1.18. The van der Waals surface area contributed by atoms with Gasteiger partial charge in [0.05, 0.1) is 6.04 Å². The number of aldehydes is 1. The first-order valence-corrected chi connectivity index (χ1v) is 4.05. The average Bonchev–Trinajstić information content (AvgIpc) is 2.07. The van der Waals surface area contributed by atoms with E-state index in [4.69, 9.17) is 0 Å². The first-order chi connectivity index (χ1) is 5.36. The lowest BCUT2D eigenvalue weighted by Crippen LogP contribution is -2.08. The van der Waals surface area contributed by atoms with E-state index in [0.717, 1.165) is 31.1 Å². The Kier molecular flexibility index (Phi) is 3.02. The van der Waals surface area contributed by atoms with Gasteiger partial charge in [-0.05, 0) is 12.8 Å². The lowest BCUT2D eigenvalue weighted by Gasteiger charge is -2.11. The van der Waals surface area contributed by atoms with Crippen LogP contribution in [-0.2, 0) is 4.79 Å². The van der Waals surface area contributed by atoms with E-state index in [9.17, 15) is 4.79 Å². The van der Waals surface area contributed by atoms with Gasteiger partial charge in [-0.2, -0.15) is 0 Å². The summed E-state index contributed by atoms with van der Waals surface area (Å²) in [6.07, 6.45) is 7.70. The quantitative estimate of drug-likeness (QED) is 0.565. The molecule has 1 heterocycles. The van der Waals surface area contributed by atoms with Gasteiger partial charge in [-0.15, -0.1) is 0 Å². The lowest BCUT2D eigenvalue weighted by molar-refractivity contribution is -0.104.